The van der Waals surface area contributed by atoms with Gasteiger partial charge in [-0.05, 0) is 48.0 Å². The Morgan fingerprint density at radius 3 is 2.45 bits per heavy atom. The predicted octanol–water partition coefficient (Wildman–Crippen LogP) is 5.22. The molecule has 0 radical (unpaired) electrons. The Morgan fingerprint density at radius 1 is 1.03 bits per heavy atom. The first-order chi connectivity index (χ1) is 15.1. The third kappa shape index (κ3) is 2.71. The van der Waals surface area contributed by atoms with Crippen LogP contribution in [0.3, 0.4) is 0 Å². The quantitative estimate of drug-likeness (QED) is 0.537. The molecule has 1 aromatic heterocycles. The number of hydrogen-bond acceptors (Lipinski definition) is 5. The largest absolute Gasteiger partial charge is 0.469 e. The van der Waals surface area contributed by atoms with Gasteiger partial charge in [-0.25, -0.2) is 0 Å². The molecule has 0 bridgehead atoms. The summed E-state index contributed by atoms with van der Waals surface area (Å²) in [5.41, 5.74) is 0.696. The number of carbonyl (C=O) groups is 1. The molecular formula is C25H16ClN3O2. The molecular weight excluding hydrogens is 410 g/mol. The van der Waals surface area contributed by atoms with Crippen molar-refractivity contribution in [3.05, 3.63) is 94.9 Å². The van der Waals surface area contributed by atoms with Crippen molar-refractivity contribution >= 4 is 29.1 Å². The zero-order valence-corrected chi connectivity index (χ0v) is 17.0. The van der Waals surface area contributed by atoms with Crippen molar-refractivity contribution in [1.29, 1.82) is 10.5 Å². The van der Waals surface area contributed by atoms with Crippen molar-refractivity contribution in [2.24, 2.45) is 5.41 Å². The van der Waals surface area contributed by atoms with Gasteiger partial charge in [0, 0.05) is 16.3 Å². The zero-order chi connectivity index (χ0) is 21.6. The molecule has 2 aliphatic rings. The molecule has 2 aliphatic heterocycles. The van der Waals surface area contributed by atoms with Gasteiger partial charge in [0.2, 0.25) is 0 Å². The van der Waals surface area contributed by atoms with Crippen molar-refractivity contribution in [1.82, 2.24) is 0 Å². The maximum absolute atomic E-state index is 13.9. The highest BCUT2D eigenvalue weighted by Crippen LogP contribution is 2.55. The standard InChI is InChI=1S/C25H16ClN3O2/c26-18-10-7-17(8-11-18)24(30)23-22(20-6-3-13-31-20)25(14-27,15-28)21-12-9-16-4-1-2-5-19(16)29(21)23/h1-13,21-23H. The first kappa shape index (κ1) is 19.2. The summed E-state index contributed by atoms with van der Waals surface area (Å²) in [6.45, 7) is 0. The summed E-state index contributed by atoms with van der Waals surface area (Å²) in [7, 11) is 0. The van der Waals surface area contributed by atoms with Crippen LogP contribution in [0, 0.1) is 28.1 Å². The SMILES string of the molecule is N#CC1(C#N)C(c2ccco2)C(C(=O)c2ccc(Cl)cc2)N2c3ccccc3C=CC21. The molecule has 0 amide bonds. The van der Waals surface area contributed by atoms with Crippen molar-refractivity contribution in [2.45, 2.75) is 18.0 Å². The second kappa shape index (κ2) is 7.16. The number of furan rings is 1. The van der Waals surface area contributed by atoms with E-state index in [9.17, 15) is 15.3 Å². The Morgan fingerprint density at radius 2 is 1.77 bits per heavy atom. The Balaban J connectivity index is 1.77. The second-order valence-corrected chi connectivity index (χ2v) is 8.11. The van der Waals surface area contributed by atoms with E-state index in [0.29, 0.717) is 16.3 Å². The summed E-state index contributed by atoms with van der Waals surface area (Å²) in [5.74, 6) is -0.530. The van der Waals surface area contributed by atoms with E-state index in [2.05, 4.69) is 12.1 Å². The lowest BCUT2D eigenvalue weighted by Crippen LogP contribution is -2.44. The summed E-state index contributed by atoms with van der Waals surface area (Å²) in [4.78, 5) is 15.8. The number of anilines is 1. The van der Waals surface area contributed by atoms with E-state index in [1.54, 1.807) is 36.4 Å². The van der Waals surface area contributed by atoms with Crippen LogP contribution in [0.15, 0.2) is 77.4 Å². The number of fused-ring (bicyclic) bond motifs is 3. The van der Waals surface area contributed by atoms with E-state index in [-0.39, 0.29) is 5.78 Å². The molecule has 3 atom stereocenters. The highest BCUT2D eigenvalue weighted by molar-refractivity contribution is 6.30. The summed E-state index contributed by atoms with van der Waals surface area (Å²) < 4.78 is 5.68. The van der Waals surface area contributed by atoms with Crippen LogP contribution < -0.4 is 4.90 Å². The van der Waals surface area contributed by atoms with Crippen LogP contribution in [0.1, 0.15) is 27.6 Å². The normalized spacial score (nSPS) is 22.8. The van der Waals surface area contributed by atoms with Crippen LogP contribution in [-0.4, -0.2) is 17.9 Å². The van der Waals surface area contributed by atoms with Gasteiger partial charge in [0.1, 0.15) is 11.8 Å². The minimum Gasteiger partial charge on any atom is -0.469 e. The van der Waals surface area contributed by atoms with Gasteiger partial charge < -0.3 is 9.32 Å². The van der Waals surface area contributed by atoms with Crippen LogP contribution in [-0.2, 0) is 0 Å². The molecule has 0 aliphatic carbocycles. The summed E-state index contributed by atoms with van der Waals surface area (Å²) >= 11 is 6.02. The number of para-hydroxylation sites is 1. The minimum absolute atomic E-state index is 0.194. The summed E-state index contributed by atoms with van der Waals surface area (Å²) in [6.07, 6.45) is 5.26. The highest BCUT2D eigenvalue weighted by Gasteiger charge is 2.64. The lowest BCUT2D eigenvalue weighted by molar-refractivity contribution is 0.0946. The van der Waals surface area contributed by atoms with Crippen LogP contribution >= 0.6 is 11.6 Å². The molecule has 5 rings (SSSR count). The maximum atomic E-state index is 13.9. The van der Waals surface area contributed by atoms with E-state index < -0.39 is 23.4 Å². The van der Waals surface area contributed by atoms with Gasteiger partial charge in [0.25, 0.3) is 0 Å². The third-order valence-electron chi connectivity index (χ3n) is 6.16. The minimum atomic E-state index is -1.51. The monoisotopic (exact) mass is 425 g/mol. The molecule has 5 nitrogen and oxygen atoms in total. The fourth-order valence-electron chi connectivity index (χ4n) is 4.80. The Labute approximate surface area is 184 Å². The smallest absolute Gasteiger partial charge is 0.186 e. The molecule has 0 spiro atoms. The Hall–Kier alpha value is -3.80. The van der Waals surface area contributed by atoms with Crippen LogP contribution in [0.5, 0.6) is 0 Å². The van der Waals surface area contributed by atoms with Gasteiger partial charge in [-0.1, -0.05) is 42.0 Å². The lowest BCUT2D eigenvalue weighted by atomic mass is 9.71. The molecule has 1 saturated heterocycles. The fraction of sp³-hybridized carbons (Fsp3) is 0.160. The first-order valence-corrected chi connectivity index (χ1v) is 10.2. The van der Waals surface area contributed by atoms with Gasteiger partial charge in [0.15, 0.2) is 11.2 Å². The predicted molar refractivity (Wildman–Crippen MR) is 116 cm³/mol. The van der Waals surface area contributed by atoms with Crippen molar-refractivity contribution in [2.75, 3.05) is 4.90 Å². The number of nitriles is 2. The third-order valence-corrected chi connectivity index (χ3v) is 6.41. The van der Waals surface area contributed by atoms with Gasteiger partial charge >= 0.3 is 0 Å². The molecule has 3 heterocycles. The number of halogens is 1. The number of ketones is 1. The zero-order valence-electron chi connectivity index (χ0n) is 16.3. The Kier molecular flexibility index (Phi) is 4.43. The van der Waals surface area contributed by atoms with Gasteiger partial charge in [-0.2, -0.15) is 10.5 Å². The molecule has 3 aromatic rings. The average molecular weight is 426 g/mol. The van der Waals surface area contributed by atoms with Crippen molar-refractivity contribution in [3.63, 3.8) is 0 Å². The van der Waals surface area contributed by atoms with E-state index in [1.165, 1.54) is 6.26 Å². The van der Waals surface area contributed by atoms with Crippen LogP contribution in [0.4, 0.5) is 5.69 Å². The van der Waals surface area contributed by atoms with Crippen molar-refractivity contribution < 1.29 is 9.21 Å². The number of carbonyl (C=O) groups excluding carboxylic acids is 1. The first-order valence-electron chi connectivity index (χ1n) is 9.82. The number of rotatable bonds is 3. The number of nitrogens with zero attached hydrogens (tertiary/aromatic N) is 3. The Bertz CT molecular complexity index is 1250. The fourth-order valence-corrected chi connectivity index (χ4v) is 4.92. The van der Waals surface area contributed by atoms with E-state index in [1.807, 2.05) is 41.3 Å². The highest BCUT2D eigenvalue weighted by atomic mass is 35.5. The van der Waals surface area contributed by atoms with Crippen LogP contribution in [0.25, 0.3) is 6.08 Å². The van der Waals surface area contributed by atoms with Gasteiger partial charge in [-0.3, -0.25) is 4.79 Å². The summed E-state index contributed by atoms with van der Waals surface area (Å²) in [5, 5.41) is 21.1. The van der Waals surface area contributed by atoms with E-state index in [4.69, 9.17) is 16.0 Å². The molecule has 0 N–H and O–H groups in total. The van der Waals surface area contributed by atoms with Crippen molar-refractivity contribution in [3.8, 4) is 12.1 Å². The summed E-state index contributed by atoms with van der Waals surface area (Å²) in [6, 6.07) is 20.9. The molecule has 6 heteroatoms. The number of hydrogen-bond donors (Lipinski definition) is 0. The average Bonchev–Trinajstić information content (AvgIpc) is 3.43. The molecule has 1 fully saturated rings. The van der Waals surface area contributed by atoms with E-state index in [0.717, 1.165) is 11.3 Å². The molecule has 3 unspecified atom stereocenters. The topological polar surface area (TPSA) is 81.0 Å². The molecule has 0 saturated carbocycles. The van der Waals surface area contributed by atoms with Gasteiger partial charge in [-0.15, -0.1) is 0 Å². The molecule has 150 valence electrons. The van der Waals surface area contributed by atoms with E-state index >= 15 is 0 Å². The molecule has 31 heavy (non-hydrogen) atoms. The second-order valence-electron chi connectivity index (χ2n) is 7.67. The number of benzene rings is 2. The maximum Gasteiger partial charge on any atom is 0.186 e. The van der Waals surface area contributed by atoms with Gasteiger partial charge in [0.05, 0.1) is 30.4 Å². The lowest BCUT2D eigenvalue weighted by Gasteiger charge is -2.35. The molecule has 2 aromatic carbocycles. The number of Topliss-reactive ketones (excluding diaryl/α,β-unsaturated/α-hetero) is 1. The van der Waals surface area contributed by atoms with Crippen LogP contribution in [0.2, 0.25) is 5.02 Å².